The Balaban J connectivity index is 2.09. The minimum Gasteiger partial charge on any atom is -0.356 e. The molecule has 138 valence electrons. The molecule has 0 unspecified atom stereocenters. The number of alkyl halides is 3. The van der Waals surface area contributed by atoms with Gasteiger partial charge in [0.15, 0.2) is 5.78 Å². The molecule has 0 aliphatic carbocycles. The molecular weight excluding hydrogens is 349 g/mol. The van der Waals surface area contributed by atoms with Crippen LogP contribution in [0, 0.1) is 0 Å². The number of halogens is 3. The second-order valence-corrected chi connectivity index (χ2v) is 5.71. The van der Waals surface area contributed by atoms with E-state index in [9.17, 15) is 27.6 Å². The van der Waals surface area contributed by atoms with E-state index in [1.165, 1.54) is 6.92 Å². The second-order valence-electron chi connectivity index (χ2n) is 5.71. The van der Waals surface area contributed by atoms with Gasteiger partial charge < -0.3 is 9.88 Å². The van der Waals surface area contributed by atoms with Crippen molar-refractivity contribution in [3.05, 3.63) is 69.6 Å². The van der Waals surface area contributed by atoms with Crippen molar-refractivity contribution in [2.24, 2.45) is 0 Å². The molecule has 1 N–H and O–H groups in total. The number of carbonyl (C=O) groups is 2. The lowest BCUT2D eigenvalue weighted by Gasteiger charge is -2.10. The zero-order valence-electron chi connectivity index (χ0n) is 14.0. The molecule has 0 saturated heterocycles. The van der Waals surface area contributed by atoms with Crippen molar-refractivity contribution in [2.75, 3.05) is 6.54 Å². The molecule has 0 aliphatic heterocycles. The molecule has 0 bridgehead atoms. The number of aromatic nitrogens is 1. The van der Waals surface area contributed by atoms with E-state index in [0.29, 0.717) is 19.0 Å². The maximum atomic E-state index is 12.8. The van der Waals surface area contributed by atoms with E-state index in [4.69, 9.17) is 0 Å². The monoisotopic (exact) mass is 366 g/mol. The minimum atomic E-state index is -4.77. The number of ketones is 1. The molecule has 1 aromatic carbocycles. The highest BCUT2D eigenvalue weighted by Crippen LogP contribution is 2.26. The van der Waals surface area contributed by atoms with Gasteiger partial charge in [0.25, 0.3) is 5.56 Å². The number of pyridine rings is 1. The van der Waals surface area contributed by atoms with Crippen molar-refractivity contribution in [1.29, 1.82) is 0 Å². The van der Waals surface area contributed by atoms with E-state index in [1.54, 1.807) is 24.3 Å². The number of amides is 1. The number of nitrogens with zero attached hydrogens (tertiary/aromatic N) is 1. The highest BCUT2D eigenvalue weighted by molar-refractivity contribution is 5.95. The second kappa shape index (κ2) is 7.99. The Morgan fingerprint density at radius 2 is 1.77 bits per heavy atom. The van der Waals surface area contributed by atoms with Gasteiger partial charge in [-0.25, -0.2) is 0 Å². The van der Waals surface area contributed by atoms with E-state index in [0.717, 1.165) is 22.4 Å². The van der Waals surface area contributed by atoms with Crippen molar-refractivity contribution < 1.29 is 22.8 Å². The maximum absolute atomic E-state index is 12.8. The molecule has 8 heteroatoms. The number of Topliss-reactive ketones (excluding diaryl/α,β-unsaturated/α-hetero) is 1. The smallest absolute Gasteiger partial charge is 0.356 e. The van der Waals surface area contributed by atoms with Gasteiger partial charge in [0, 0.05) is 25.2 Å². The SMILES string of the molecule is CC(=O)NCCc1ccc(C(=O)Cn2cccc(C(F)(F)F)c2=O)cc1. The molecule has 1 amide bonds. The molecule has 0 spiro atoms. The van der Waals surface area contributed by atoms with Gasteiger partial charge in [-0.2, -0.15) is 13.2 Å². The number of carbonyl (C=O) groups excluding carboxylic acids is 2. The molecular formula is C18H17F3N2O3. The van der Waals surface area contributed by atoms with Crippen molar-refractivity contribution in [1.82, 2.24) is 9.88 Å². The molecule has 2 aromatic rings. The predicted molar refractivity (Wildman–Crippen MR) is 88.9 cm³/mol. The van der Waals surface area contributed by atoms with Crippen LogP contribution >= 0.6 is 0 Å². The Labute approximate surface area is 147 Å². The summed E-state index contributed by atoms with van der Waals surface area (Å²) in [4.78, 5) is 34.9. The molecule has 0 atom stereocenters. The van der Waals surface area contributed by atoms with Crippen LogP contribution in [0.2, 0.25) is 0 Å². The third-order valence-electron chi connectivity index (χ3n) is 3.70. The summed E-state index contributed by atoms with van der Waals surface area (Å²) >= 11 is 0. The van der Waals surface area contributed by atoms with Gasteiger partial charge in [-0.1, -0.05) is 24.3 Å². The summed E-state index contributed by atoms with van der Waals surface area (Å²) in [6, 6.07) is 8.26. The van der Waals surface area contributed by atoms with Crippen molar-refractivity contribution in [2.45, 2.75) is 26.1 Å². The lowest BCUT2D eigenvalue weighted by molar-refractivity contribution is -0.139. The van der Waals surface area contributed by atoms with E-state index in [2.05, 4.69) is 5.32 Å². The standard InChI is InChI=1S/C18H17F3N2O3/c1-12(24)22-9-8-13-4-6-14(7-5-13)16(25)11-23-10-2-3-15(17(23)26)18(19,20)21/h2-7,10H,8-9,11H2,1H3,(H,22,24). The molecule has 0 fully saturated rings. The van der Waals surface area contributed by atoms with E-state index >= 15 is 0 Å². The van der Waals surface area contributed by atoms with Crippen LogP contribution in [0.1, 0.15) is 28.4 Å². The average Bonchev–Trinajstić information content (AvgIpc) is 2.56. The summed E-state index contributed by atoms with van der Waals surface area (Å²) in [5, 5.41) is 2.65. The first-order valence-corrected chi connectivity index (χ1v) is 7.81. The third-order valence-corrected chi connectivity index (χ3v) is 3.70. The average molecular weight is 366 g/mol. The summed E-state index contributed by atoms with van der Waals surface area (Å²) in [5.41, 5.74) is -1.37. The predicted octanol–water partition coefficient (Wildman–Crippen LogP) is 2.43. The number of hydrogen-bond acceptors (Lipinski definition) is 3. The highest BCUT2D eigenvalue weighted by Gasteiger charge is 2.34. The molecule has 0 saturated carbocycles. The number of nitrogens with one attached hydrogen (secondary N) is 1. The number of rotatable bonds is 6. The Kier molecular flexibility index (Phi) is 5.97. The van der Waals surface area contributed by atoms with Gasteiger partial charge in [-0.05, 0) is 24.1 Å². The van der Waals surface area contributed by atoms with Gasteiger partial charge in [0.1, 0.15) is 5.56 Å². The zero-order chi connectivity index (χ0) is 19.3. The Morgan fingerprint density at radius 3 is 2.35 bits per heavy atom. The Hall–Kier alpha value is -2.90. The van der Waals surface area contributed by atoms with Crippen LogP contribution in [0.5, 0.6) is 0 Å². The first kappa shape index (κ1) is 19.4. The molecule has 1 aromatic heterocycles. The molecule has 1 heterocycles. The summed E-state index contributed by atoms with van der Waals surface area (Å²) < 4.78 is 39.0. The fraction of sp³-hybridized carbons (Fsp3) is 0.278. The fourth-order valence-corrected chi connectivity index (χ4v) is 2.36. The van der Waals surface area contributed by atoms with E-state index in [1.807, 2.05) is 0 Å². The lowest BCUT2D eigenvalue weighted by Crippen LogP contribution is -2.30. The van der Waals surface area contributed by atoms with E-state index in [-0.39, 0.29) is 11.5 Å². The summed E-state index contributed by atoms with van der Waals surface area (Å²) in [6.45, 7) is 1.40. The van der Waals surface area contributed by atoms with Gasteiger partial charge >= 0.3 is 6.18 Å². The summed E-state index contributed by atoms with van der Waals surface area (Å²) in [5.74, 6) is -0.608. The van der Waals surface area contributed by atoms with Crippen molar-refractivity contribution in [3.63, 3.8) is 0 Å². The van der Waals surface area contributed by atoms with Crippen LogP contribution in [-0.4, -0.2) is 22.8 Å². The summed E-state index contributed by atoms with van der Waals surface area (Å²) in [6.07, 6.45) is -3.03. The lowest BCUT2D eigenvalue weighted by atomic mass is 10.1. The fourth-order valence-electron chi connectivity index (χ4n) is 2.36. The van der Waals surface area contributed by atoms with Crippen LogP contribution in [0.15, 0.2) is 47.4 Å². The Bertz CT molecular complexity index is 855. The maximum Gasteiger partial charge on any atom is 0.421 e. The normalized spacial score (nSPS) is 11.2. The van der Waals surface area contributed by atoms with Gasteiger partial charge in [0.2, 0.25) is 5.91 Å². The van der Waals surface area contributed by atoms with Crippen LogP contribution in [-0.2, 0) is 23.9 Å². The largest absolute Gasteiger partial charge is 0.421 e. The molecule has 5 nitrogen and oxygen atoms in total. The van der Waals surface area contributed by atoms with Gasteiger partial charge in [-0.15, -0.1) is 0 Å². The van der Waals surface area contributed by atoms with Gasteiger partial charge in [0.05, 0.1) is 6.54 Å². The first-order valence-electron chi connectivity index (χ1n) is 7.81. The quantitative estimate of drug-likeness (QED) is 0.799. The van der Waals surface area contributed by atoms with Crippen molar-refractivity contribution in [3.8, 4) is 0 Å². The topological polar surface area (TPSA) is 68.2 Å². The molecule has 0 radical (unpaired) electrons. The highest BCUT2D eigenvalue weighted by atomic mass is 19.4. The zero-order valence-corrected chi connectivity index (χ0v) is 14.0. The summed E-state index contributed by atoms with van der Waals surface area (Å²) in [7, 11) is 0. The minimum absolute atomic E-state index is 0.136. The molecule has 0 aliphatic rings. The third kappa shape index (κ3) is 5.05. The number of hydrogen-bond donors (Lipinski definition) is 1. The molecule has 2 rings (SSSR count). The molecule has 26 heavy (non-hydrogen) atoms. The Morgan fingerprint density at radius 1 is 1.12 bits per heavy atom. The van der Waals surface area contributed by atoms with Crippen molar-refractivity contribution >= 4 is 11.7 Å². The first-order chi connectivity index (χ1) is 12.2. The van der Waals surface area contributed by atoms with Crippen LogP contribution < -0.4 is 10.9 Å². The van der Waals surface area contributed by atoms with Crippen LogP contribution in [0.4, 0.5) is 13.2 Å². The van der Waals surface area contributed by atoms with E-state index < -0.39 is 29.6 Å². The number of benzene rings is 1. The van der Waals surface area contributed by atoms with Crippen LogP contribution in [0.3, 0.4) is 0 Å². The van der Waals surface area contributed by atoms with Crippen LogP contribution in [0.25, 0.3) is 0 Å². The van der Waals surface area contributed by atoms with Gasteiger partial charge in [-0.3, -0.25) is 14.4 Å².